The predicted molar refractivity (Wildman–Crippen MR) is 98.4 cm³/mol. The van der Waals surface area contributed by atoms with Crippen LogP contribution in [0.2, 0.25) is 0 Å². The smallest absolute Gasteiger partial charge is 0.294 e. The summed E-state index contributed by atoms with van der Waals surface area (Å²) in [5.74, 6) is 0. The summed E-state index contributed by atoms with van der Waals surface area (Å²) >= 11 is 0. The minimum Gasteiger partial charge on any atom is -0.379 e. The second-order valence-electron chi connectivity index (χ2n) is 5.39. The van der Waals surface area contributed by atoms with E-state index in [1.54, 1.807) is 6.20 Å². The van der Waals surface area contributed by atoms with Crippen LogP contribution in [-0.2, 0) is 16.7 Å². The fourth-order valence-corrected chi connectivity index (χ4v) is 2.62. The first kappa shape index (κ1) is 17.7. The Labute approximate surface area is 151 Å². The fourth-order valence-electron chi connectivity index (χ4n) is 2.14. The highest BCUT2D eigenvalue weighted by molar-refractivity contribution is 7.85. The summed E-state index contributed by atoms with van der Waals surface area (Å²) in [5, 5.41) is 11.4. The zero-order valence-electron chi connectivity index (χ0n) is 13.6. The van der Waals surface area contributed by atoms with Crippen LogP contribution in [0.25, 0.3) is 0 Å². The number of hydrogen-bond donors (Lipinski definition) is 2. The molecule has 0 saturated carbocycles. The van der Waals surface area contributed by atoms with Gasteiger partial charge in [0, 0.05) is 11.9 Å². The molecule has 2 aromatic carbocycles. The van der Waals surface area contributed by atoms with Gasteiger partial charge in [-0.15, -0.1) is 0 Å². The van der Waals surface area contributed by atoms with Crippen molar-refractivity contribution in [2.75, 3.05) is 5.32 Å². The quantitative estimate of drug-likeness (QED) is 0.497. The molecule has 3 aromatic rings. The molecule has 0 bridgehead atoms. The standard InChI is InChI=1S/C18H16N4O3S/c23-26(24,25)18-10-8-16(9-11-18)22-21-15-6-4-14(5-7-15)20-13-17-3-1-2-12-19-17/h1-12,20H,13H2,(H,23,24,25). The Morgan fingerprint density at radius 2 is 1.50 bits per heavy atom. The van der Waals surface area contributed by atoms with Crippen LogP contribution in [0.3, 0.4) is 0 Å². The lowest BCUT2D eigenvalue weighted by Crippen LogP contribution is -2.00. The molecule has 0 unspecified atom stereocenters. The average molecular weight is 368 g/mol. The topological polar surface area (TPSA) is 104 Å². The van der Waals surface area contributed by atoms with E-state index < -0.39 is 10.1 Å². The van der Waals surface area contributed by atoms with Crippen molar-refractivity contribution >= 4 is 27.2 Å². The zero-order valence-corrected chi connectivity index (χ0v) is 14.5. The molecular weight excluding hydrogens is 352 g/mol. The van der Waals surface area contributed by atoms with Crippen LogP contribution < -0.4 is 5.32 Å². The van der Waals surface area contributed by atoms with E-state index in [0.717, 1.165) is 11.4 Å². The molecule has 0 radical (unpaired) electrons. The second-order valence-corrected chi connectivity index (χ2v) is 6.81. The highest BCUT2D eigenvalue weighted by Gasteiger charge is 2.08. The lowest BCUT2D eigenvalue weighted by Gasteiger charge is -2.05. The highest BCUT2D eigenvalue weighted by Crippen LogP contribution is 2.21. The number of nitrogens with one attached hydrogen (secondary N) is 1. The SMILES string of the molecule is O=S(=O)(O)c1ccc(N=Nc2ccc(NCc3ccccn3)cc2)cc1. The molecule has 0 aliphatic rings. The van der Waals surface area contributed by atoms with Gasteiger partial charge < -0.3 is 5.32 Å². The molecule has 2 N–H and O–H groups in total. The summed E-state index contributed by atoms with van der Waals surface area (Å²) in [6.45, 7) is 0.627. The molecule has 1 aromatic heterocycles. The third-order valence-corrected chi connectivity index (χ3v) is 4.35. The van der Waals surface area contributed by atoms with Gasteiger partial charge in [-0.2, -0.15) is 18.6 Å². The molecule has 0 aliphatic heterocycles. The maximum Gasteiger partial charge on any atom is 0.294 e. The maximum absolute atomic E-state index is 11.0. The first-order valence-corrected chi connectivity index (χ1v) is 9.18. The van der Waals surface area contributed by atoms with E-state index in [1.807, 2.05) is 42.5 Å². The van der Waals surface area contributed by atoms with Gasteiger partial charge in [0.05, 0.1) is 28.5 Å². The van der Waals surface area contributed by atoms with Crippen LogP contribution in [-0.4, -0.2) is 18.0 Å². The van der Waals surface area contributed by atoms with Gasteiger partial charge in [-0.25, -0.2) is 0 Å². The minimum atomic E-state index is -4.20. The average Bonchev–Trinajstić information content (AvgIpc) is 2.66. The first-order chi connectivity index (χ1) is 12.5. The Kier molecular flexibility index (Phi) is 5.35. The zero-order chi connectivity index (χ0) is 18.4. The number of anilines is 1. The molecule has 0 atom stereocenters. The number of aromatic nitrogens is 1. The molecule has 0 spiro atoms. The number of pyridine rings is 1. The molecule has 7 nitrogen and oxygen atoms in total. The van der Waals surface area contributed by atoms with E-state index in [-0.39, 0.29) is 4.90 Å². The summed E-state index contributed by atoms with van der Waals surface area (Å²) in [4.78, 5) is 4.07. The van der Waals surface area contributed by atoms with Gasteiger partial charge >= 0.3 is 0 Å². The molecular formula is C18H16N4O3S. The van der Waals surface area contributed by atoms with Gasteiger partial charge in [-0.05, 0) is 60.7 Å². The van der Waals surface area contributed by atoms with Crippen molar-refractivity contribution in [2.45, 2.75) is 11.4 Å². The summed E-state index contributed by atoms with van der Waals surface area (Å²) in [7, 11) is -4.20. The lowest BCUT2D eigenvalue weighted by atomic mass is 10.2. The van der Waals surface area contributed by atoms with E-state index in [1.165, 1.54) is 24.3 Å². The molecule has 0 amide bonds. The maximum atomic E-state index is 11.0. The van der Waals surface area contributed by atoms with Crippen molar-refractivity contribution < 1.29 is 13.0 Å². The molecule has 0 saturated heterocycles. The van der Waals surface area contributed by atoms with Crippen LogP contribution in [0.4, 0.5) is 17.1 Å². The Bertz CT molecular complexity index is 987. The van der Waals surface area contributed by atoms with E-state index in [2.05, 4.69) is 20.5 Å². The van der Waals surface area contributed by atoms with E-state index in [9.17, 15) is 8.42 Å². The Hall–Kier alpha value is -3.10. The van der Waals surface area contributed by atoms with Gasteiger partial charge in [0.2, 0.25) is 0 Å². The number of azo groups is 1. The Morgan fingerprint density at radius 3 is 2.04 bits per heavy atom. The Morgan fingerprint density at radius 1 is 0.885 bits per heavy atom. The number of nitrogens with zero attached hydrogens (tertiary/aromatic N) is 3. The van der Waals surface area contributed by atoms with Crippen molar-refractivity contribution in [3.63, 3.8) is 0 Å². The summed E-state index contributed by atoms with van der Waals surface area (Å²) in [6.07, 6.45) is 1.75. The monoisotopic (exact) mass is 368 g/mol. The van der Waals surface area contributed by atoms with Crippen molar-refractivity contribution in [3.05, 3.63) is 78.6 Å². The molecule has 3 rings (SSSR count). The van der Waals surface area contributed by atoms with Crippen LogP contribution in [0, 0.1) is 0 Å². The van der Waals surface area contributed by atoms with E-state index in [0.29, 0.717) is 17.9 Å². The van der Waals surface area contributed by atoms with E-state index in [4.69, 9.17) is 4.55 Å². The van der Waals surface area contributed by atoms with Crippen LogP contribution in [0.5, 0.6) is 0 Å². The van der Waals surface area contributed by atoms with Gasteiger partial charge in [-0.3, -0.25) is 9.54 Å². The third-order valence-electron chi connectivity index (χ3n) is 3.48. The summed E-state index contributed by atoms with van der Waals surface area (Å²) in [6, 6.07) is 18.6. The van der Waals surface area contributed by atoms with Gasteiger partial charge in [-0.1, -0.05) is 6.07 Å². The van der Waals surface area contributed by atoms with Gasteiger partial charge in [0.15, 0.2) is 0 Å². The molecule has 132 valence electrons. The fraction of sp³-hybridized carbons (Fsp3) is 0.0556. The van der Waals surface area contributed by atoms with Gasteiger partial charge in [0.25, 0.3) is 10.1 Å². The predicted octanol–water partition coefficient (Wildman–Crippen LogP) is 4.36. The normalized spacial score (nSPS) is 11.6. The van der Waals surface area contributed by atoms with Gasteiger partial charge in [0.1, 0.15) is 0 Å². The molecule has 8 heteroatoms. The Balaban J connectivity index is 1.61. The summed E-state index contributed by atoms with van der Waals surface area (Å²) < 4.78 is 30.9. The number of benzene rings is 2. The molecule has 0 aliphatic carbocycles. The van der Waals surface area contributed by atoms with Crippen molar-refractivity contribution in [1.29, 1.82) is 0 Å². The van der Waals surface area contributed by atoms with Crippen molar-refractivity contribution in [1.82, 2.24) is 4.98 Å². The van der Waals surface area contributed by atoms with Crippen LogP contribution in [0.15, 0.2) is 88.1 Å². The number of hydrogen-bond acceptors (Lipinski definition) is 6. The third kappa shape index (κ3) is 4.95. The van der Waals surface area contributed by atoms with Crippen molar-refractivity contribution in [3.8, 4) is 0 Å². The lowest BCUT2D eigenvalue weighted by molar-refractivity contribution is 0.483. The van der Waals surface area contributed by atoms with E-state index >= 15 is 0 Å². The van der Waals surface area contributed by atoms with Crippen LogP contribution >= 0.6 is 0 Å². The number of rotatable bonds is 6. The highest BCUT2D eigenvalue weighted by atomic mass is 32.2. The minimum absolute atomic E-state index is 0.181. The summed E-state index contributed by atoms with van der Waals surface area (Å²) in [5.41, 5.74) is 3.03. The first-order valence-electron chi connectivity index (χ1n) is 7.74. The van der Waals surface area contributed by atoms with Crippen molar-refractivity contribution in [2.24, 2.45) is 10.2 Å². The second kappa shape index (κ2) is 7.85. The molecule has 1 heterocycles. The molecule has 26 heavy (non-hydrogen) atoms. The van der Waals surface area contributed by atoms with Crippen LogP contribution in [0.1, 0.15) is 5.69 Å². The molecule has 0 fully saturated rings. The largest absolute Gasteiger partial charge is 0.379 e.